The topological polar surface area (TPSA) is 220 Å². The Morgan fingerprint density at radius 1 is 0.806 bits per heavy atom. The van der Waals surface area contributed by atoms with Crippen LogP contribution in [0.4, 0.5) is 0 Å². The zero-order valence-electron chi connectivity index (χ0n) is 17.6. The van der Waals surface area contributed by atoms with Crippen molar-refractivity contribution in [3.05, 3.63) is 0 Å². The van der Waals surface area contributed by atoms with Crippen LogP contribution in [0.15, 0.2) is 0 Å². The molecule has 0 saturated carbocycles. The van der Waals surface area contributed by atoms with E-state index >= 15 is 0 Å². The third-order valence-corrected chi connectivity index (χ3v) is 4.72. The second-order valence-corrected chi connectivity index (χ2v) is 7.66. The number of thioether (sulfide) groups is 1. The molecule has 0 unspecified atom stereocenters. The highest BCUT2D eigenvalue weighted by atomic mass is 32.2. The van der Waals surface area contributed by atoms with Crippen molar-refractivity contribution in [3.8, 4) is 0 Å². The first-order chi connectivity index (χ1) is 14.5. The fraction of sp³-hybridized carbons (Fsp3) is 0.706. The van der Waals surface area contributed by atoms with Crippen molar-refractivity contribution in [1.82, 2.24) is 21.3 Å². The predicted octanol–water partition coefficient (Wildman–Crippen LogP) is -3.88. The van der Waals surface area contributed by atoms with Gasteiger partial charge in [0.2, 0.25) is 23.6 Å². The molecule has 0 aromatic rings. The molecule has 14 heteroatoms. The highest BCUT2D eigenvalue weighted by Gasteiger charge is 2.28. The molecule has 9 N–H and O–H groups in total. The van der Waals surface area contributed by atoms with Gasteiger partial charge in [0.1, 0.15) is 30.2 Å². The summed E-state index contributed by atoms with van der Waals surface area (Å²) in [6.07, 6.45) is 2.02. The van der Waals surface area contributed by atoms with E-state index in [-0.39, 0.29) is 6.42 Å². The number of aliphatic carboxylic acids is 1. The molecule has 178 valence electrons. The van der Waals surface area contributed by atoms with Crippen LogP contribution in [0.1, 0.15) is 20.3 Å². The first kappa shape index (κ1) is 28.6. The predicted molar refractivity (Wildman–Crippen MR) is 112 cm³/mol. The highest BCUT2D eigenvalue weighted by Crippen LogP contribution is 2.03. The Balaban J connectivity index is 5.01. The Labute approximate surface area is 183 Å². The molecule has 0 radical (unpaired) electrons. The van der Waals surface area contributed by atoms with Gasteiger partial charge in [-0.2, -0.15) is 11.8 Å². The maximum absolute atomic E-state index is 12.4. The number of nitrogens with two attached hydrogens (primary N) is 1. The van der Waals surface area contributed by atoms with Crippen LogP contribution in [-0.4, -0.2) is 100 Å². The summed E-state index contributed by atoms with van der Waals surface area (Å²) in [5.74, 6) is -3.89. The van der Waals surface area contributed by atoms with E-state index in [0.29, 0.717) is 5.75 Å². The van der Waals surface area contributed by atoms with Gasteiger partial charge in [-0.25, -0.2) is 0 Å². The van der Waals surface area contributed by atoms with Gasteiger partial charge in [-0.15, -0.1) is 0 Å². The van der Waals surface area contributed by atoms with Gasteiger partial charge in [0.25, 0.3) is 0 Å². The van der Waals surface area contributed by atoms with Crippen molar-refractivity contribution in [3.63, 3.8) is 0 Å². The number of hydrogen-bond acceptors (Lipinski definition) is 9. The molecular formula is C17H31N5O8S. The van der Waals surface area contributed by atoms with Crippen LogP contribution >= 0.6 is 11.8 Å². The minimum Gasteiger partial charge on any atom is -0.480 e. The molecule has 0 heterocycles. The first-order valence-corrected chi connectivity index (χ1v) is 10.8. The Morgan fingerprint density at radius 3 is 1.81 bits per heavy atom. The van der Waals surface area contributed by atoms with Crippen LogP contribution < -0.4 is 27.0 Å². The number of carbonyl (C=O) groups excluding carboxylic acids is 4. The molecule has 31 heavy (non-hydrogen) atoms. The molecule has 0 rings (SSSR count). The lowest BCUT2D eigenvalue weighted by atomic mass is 10.1. The number of amides is 4. The number of nitrogens with one attached hydrogen (secondary N) is 4. The fourth-order valence-corrected chi connectivity index (χ4v) is 2.58. The molecule has 0 aromatic heterocycles. The van der Waals surface area contributed by atoms with Gasteiger partial charge in [0.15, 0.2) is 0 Å². The fourth-order valence-electron chi connectivity index (χ4n) is 2.11. The third kappa shape index (κ3) is 10.4. The average Bonchev–Trinajstić information content (AvgIpc) is 2.73. The second-order valence-electron chi connectivity index (χ2n) is 6.67. The van der Waals surface area contributed by atoms with Gasteiger partial charge in [-0.1, -0.05) is 0 Å². The summed E-state index contributed by atoms with van der Waals surface area (Å²) in [6, 6.07) is -6.03. The van der Waals surface area contributed by atoms with Crippen molar-refractivity contribution in [1.29, 1.82) is 0 Å². The number of rotatable bonds is 14. The summed E-state index contributed by atoms with van der Waals surface area (Å²) >= 11 is 1.42. The van der Waals surface area contributed by atoms with Crippen LogP contribution in [0, 0.1) is 0 Å². The lowest BCUT2D eigenvalue weighted by Crippen LogP contribution is -2.58. The summed E-state index contributed by atoms with van der Waals surface area (Å²) in [4.78, 5) is 59.6. The minimum atomic E-state index is -1.41. The van der Waals surface area contributed by atoms with Crippen molar-refractivity contribution in [2.24, 2.45) is 5.73 Å². The lowest BCUT2D eigenvalue weighted by Gasteiger charge is -2.23. The van der Waals surface area contributed by atoms with E-state index in [4.69, 9.17) is 15.9 Å². The van der Waals surface area contributed by atoms with Gasteiger partial charge in [-0.3, -0.25) is 24.0 Å². The summed E-state index contributed by atoms with van der Waals surface area (Å²) in [5.41, 5.74) is 5.33. The zero-order valence-corrected chi connectivity index (χ0v) is 18.4. The van der Waals surface area contributed by atoms with Gasteiger partial charge in [-0.05, 0) is 32.3 Å². The van der Waals surface area contributed by atoms with Crippen LogP contribution in [0.3, 0.4) is 0 Å². The number of aliphatic hydroxyl groups excluding tert-OH is 2. The molecule has 0 aliphatic rings. The van der Waals surface area contributed by atoms with E-state index in [1.165, 1.54) is 25.6 Å². The molecule has 0 spiro atoms. The van der Waals surface area contributed by atoms with Crippen molar-refractivity contribution < 1.29 is 39.3 Å². The van der Waals surface area contributed by atoms with Crippen molar-refractivity contribution >= 4 is 41.4 Å². The molecular weight excluding hydrogens is 434 g/mol. The van der Waals surface area contributed by atoms with E-state index in [9.17, 15) is 29.1 Å². The molecule has 5 atom stereocenters. The molecule has 0 aromatic carbocycles. The summed E-state index contributed by atoms with van der Waals surface area (Å²) in [6.45, 7) is 1.16. The van der Waals surface area contributed by atoms with Crippen LogP contribution in [0.2, 0.25) is 0 Å². The van der Waals surface area contributed by atoms with E-state index in [1.807, 2.05) is 0 Å². The Morgan fingerprint density at radius 2 is 1.32 bits per heavy atom. The zero-order chi connectivity index (χ0) is 24.1. The van der Waals surface area contributed by atoms with Crippen molar-refractivity contribution in [2.45, 2.75) is 50.5 Å². The minimum absolute atomic E-state index is 0.222. The van der Waals surface area contributed by atoms with E-state index in [2.05, 4.69) is 21.3 Å². The first-order valence-electron chi connectivity index (χ1n) is 9.38. The quantitative estimate of drug-likeness (QED) is 0.125. The molecule has 0 bridgehead atoms. The number of carboxylic acid groups (broad SMARTS) is 1. The molecule has 13 nitrogen and oxygen atoms in total. The normalized spacial score (nSPS) is 15.5. The largest absolute Gasteiger partial charge is 0.480 e. The summed E-state index contributed by atoms with van der Waals surface area (Å²) < 4.78 is 0. The SMILES string of the molecule is CSCC[C@H](NC(=O)[C@H](C)NC(=O)[C@H](CO)NC(=O)[C@@H](N)CO)C(=O)N[C@@H](C)C(=O)O. The van der Waals surface area contributed by atoms with Gasteiger partial charge < -0.3 is 42.3 Å². The molecule has 0 aliphatic carbocycles. The van der Waals surface area contributed by atoms with Crippen LogP contribution in [-0.2, 0) is 24.0 Å². The highest BCUT2D eigenvalue weighted by molar-refractivity contribution is 7.98. The van der Waals surface area contributed by atoms with E-state index < -0.39 is 73.0 Å². The van der Waals surface area contributed by atoms with E-state index in [1.54, 1.807) is 6.26 Å². The average molecular weight is 466 g/mol. The summed E-state index contributed by atoms with van der Waals surface area (Å²) in [7, 11) is 0. The summed E-state index contributed by atoms with van der Waals surface area (Å²) in [5, 5.41) is 36.2. The number of carbonyl (C=O) groups is 5. The van der Waals surface area contributed by atoms with Crippen LogP contribution in [0.25, 0.3) is 0 Å². The number of aliphatic hydroxyl groups is 2. The number of carboxylic acids is 1. The smallest absolute Gasteiger partial charge is 0.325 e. The Hall–Kier alpha value is -2.42. The third-order valence-electron chi connectivity index (χ3n) is 4.07. The van der Waals surface area contributed by atoms with Crippen LogP contribution in [0.5, 0.6) is 0 Å². The van der Waals surface area contributed by atoms with E-state index in [0.717, 1.165) is 0 Å². The van der Waals surface area contributed by atoms with Crippen molar-refractivity contribution in [2.75, 3.05) is 25.2 Å². The maximum atomic E-state index is 12.4. The molecule has 0 saturated heterocycles. The maximum Gasteiger partial charge on any atom is 0.325 e. The molecule has 4 amide bonds. The Kier molecular flexibility index (Phi) is 13.4. The standard InChI is InChI=1S/C17H31N5O8S/c1-8(19-16(28)12(7-24)22-14(26)10(18)6-23)13(25)21-11(4-5-31-3)15(27)20-9(2)17(29)30/h8-12,23-24H,4-7,18H2,1-3H3,(H,19,28)(H,20,27)(H,21,25)(H,22,26)(H,29,30)/t8-,9-,10-,11-,12-/m0/s1. The Bertz CT molecular complexity index is 650. The van der Waals surface area contributed by atoms with Gasteiger partial charge in [0, 0.05) is 0 Å². The monoisotopic (exact) mass is 465 g/mol. The number of hydrogen-bond donors (Lipinski definition) is 8. The molecule has 0 aliphatic heterocycles. The lowest BCUT2D eigenvalue weighted by molar-refractivity contribution is -0.141. The van der Waals surface area contributed by atoms with Gasteiger partial charge in [0.05, 0.1) is 13.2 Å². The second kappa shape index (κ2) is 14.6. The van der Waals surface area contributed by atoms with Gasteiger partial charge >= 0.3 is 5.97 Å². The molecule has 0 fully saturated rings.